The highest BCUT2D eigenvalue weighted by atomic mass is 16.5. The van der Waals surface area contributed by atoms with Gasteiger partial charge in [0.1, 0.15) is 5.82 Å². The van der Waals surface area contributed by atoms with Crippen LogP contribution < -0.4 is 0 Å². The molecule has 0 unspecified atom stereocenters. The predicted octanol–water partition coefficient (Wildman–Crippen LogP) is 2.64. The monoisotopic (exact) mass is 196 g/mol. The van der Waals surface area contributed by atoms with Crippen molar-refractivity contribution in [1.82, 2.24) is 9.97 Å². The van der Waals surface area contributed by atoms with Crippen LogP contribution in [0.15, 0.2) is 6.20 Å². The second-order valence-electron chi connectivity index (χ2n) is 3.34. The fourth-order valence-corrected chi connectivity index (χ4v) is 1.61. The van der Waals surface area contributed by atoms with Crippen molar-refractivity contribution >= 4 is 0 Å². The summed E-state index contributed by atoms with van der Waals surface area (Å²) in [6, 6.07) is 0. The largest absolute Gasteiger partial charge is 0.381 e. The van der Waals surface area contributed by atoms with E-state index in [9.17, 15) is 0 Å². The Labute approximate surface area is 85.9 Å². The number of hydrogen-bond acceptors (Lipinski definition) is 2. The first kappa shape index (κ1) is 11.2. The summed E-state index contributed by atoms with van der Waals surface area (Å²) in [6.45, 7) is 7.80. The molecule has 14 heavy (non-hydrogen) atoms. The second kappa shape index (κ2) is 5.81. The van der Waals surface area contributed by atoms with Gasteiger partial charge < -0.3 is 9.72 Å². The molecule has 0 saturated carbocycles. The SMILES string of the molecule is CC.Cc1cnc(C2CCOCC2)[nH]1. The molecule has 1 aliphatic rings. The molecule has 3 heteroatoms. The normalized spacial score (nSPS) is 17.4. The molecule has 80 valence electrons. The smallest absolute Gasteiger partial charge is 0.109 e. The average Bonchev–Trinajstić information content (AvgIpc) is 2.69. The fourth-order valence-electron chi connectivity index (χ4n) is 1.61. The van der Waals surface area contributed by atoms with E-state index in [4.69, 9.17) is 4.74 Å². The van der Waals surface area contributed by atoms with Crippen molar-refractivity contribution in [2.45, 2.75) is 39.5 Å². The number of H-pyrrole nitrogens is 1. The van der Waals surface area contributed by atoms with Crippen molar-refractivity contribution in [1.29, 1.82) is 0 Å². The van der Waals surface area contributed by atoms with E-state index in [1.807, 2.05) is 27.0 Å². The summed E-state index contributed by atoms with van der Waals surface area (Å²) in [6.07, 6.45) is 4.10. The van der Waals surface area contributed by atoms with E-state index in [0.717, 1.165) is 37.6 Å². The van der Waals surface area contributed by atoms with E-state index < -0.39 is 0 Å². The highest BCUT2D eigenvalue weighted by Gasteiger charge is 2.17. The van der Waals surface area contributed by atoms with E-state index in [-0.39, 0.29) is 0 Å². The minimum absolute atomic E-state index is 0.590. The van der Waals surface area contributed by atoms with Gasteiger partial charge in [0.15, 0.2) is 0 Å². The highest BCUT2D eigenvalue weighted by Crippen LogP contribution is 2.23. The molecular weight excluding hydrogens is 176 g/mol. The van der Waals surface area contributed by atoms with Crippen LogP contribution in [0.1, 0.15) is 44.1 Å². The van der Waals surface area contributed by atoms with E-state index in [1.54, 1.807) is 0 Å². The van der Waals surface area contributed by atoms with Crippen molar-refractivity contribution in [3.05, 3.63) is 17.7 Å². The lowest BCUT2D eigenvalue weighted by Crippen LogP contribution is -2.15. The van der Waals surface area contributed by atoms with E-state index in [2.05, 4.69) is 9.97 Å². The van der Waals surface area contributed by atoms with Crippen LogP contribution in [0, 0.1) is 6.92 Å². The Morgan fingerprint density at radius 1 is 1.36 bits per heavy atom. The zero-order valence-corrected chi connectivity index (χ0v) is 9.34. The van der Waals surface area contributed by atoms with Gasteiger partial charge in [-0.1, -0.05) is 13.8 Å². The summed E-state index contributed by atoms with van der Waals surface area (Å²) in [5.74, 6) is 1.73. The molecule has 1 aliphatic heterocycles. The Bertz CT molecular complexity index is 252. The molecule has 1 fully saturated rings. The zero-order valence-electron chi connectivity index (χ0n) is 9.34. The van der Waals surface area contributed by atoms with Crippen LogP contribution in [-0.4, -0.2) is 23.2 Å². The molecule has 1 N–H and O–H groups in total. The van der Waals surface area contributed by atoms with Gasteiger partial charge in [0.05, 0.1) is 0 Å². The Morgan fingerprint density at radius 2 is 2.00 bits per heavy atom. The van der Waals surface area contributed by atoms with Gasteiger partial charge in [-0.3, -0.25) is 0 Å². The lowest BCUT2D eigenvalue weighted by molar-refractivity contribution is 0.0837. The molecular formula is C11H20N2O. The topological polar surface area (TPSA) is 37.9 Å². The Balaban J connectivity index is 0.000000461. The van der Waals surface area contributed by atoms with Crippen molar-refractivity contribution in [3.63, 3.8) is 0 Å². The Kier molecular flexibility index (Phi) is 4.66. The minimum atomic E-state index is 0.590. The third-order valence-corrected chi connectivity index (χ3v) is 2.33. The number of nitrogens with one attached hydrogen (secondary N) is 1. The van der Waals surface area contributed by atoms with Gasteiger partial charge in [-0.15, -0.1) is 0 Å². The van der Waals surface area contributed by atoms with Gasteiger partial charge >= 0.3 is 0 Å². The van der Waals surface area contributed by atoms with Gasteiger partial charge in [0.2, 0.25) is 0 Å². The number of ether oxygens (including phenoxy) is 1. The minimum Gasteiger partial charge on any atom is -0.381 e. The molecule has 3 nitrogen and oxygen atoms in total. The van der Waals surface area contributed by atoms with Crippen LogP contribution in [0.3, 0.4) is 0 Å². The van der Waals surface area contributed by atoms with Crippen molar-refractivity contribution in [2.75, 3.05) is 13.2 Å². The molecule has 0 aliphatic carbocycles. The maximum absolute atomic E-state index is 5.29. The lowest BCUT2D eigenvalue weighted by atomic mass is 10.00. The predicted molar refractivity (Wildman–Crippen MR) is 57.5 cm³/mol. The van der Waals surface area contributed by atoms with Crippen LogP contribution in [0.5, 0.6) is 0 Å². The number of rotatable bonds is 1. The van der Waals surface area contributed by atoms with Crippen LogP contribution in [-0.2, 0) is 4.74 Å². The summed E-state index contributed by atoms with van der Waals surface area (Å²) in [4.78, 5) is 7.61. The quantitative estimate of drug-likeness (QED) is 0.749. The maximum atomic E-state index is 5.29. The summed E-state index contributed by atoms with van der Waals surface area (Å²) in [5.41, 5.74) is 1.15. The molecule has 1 aromatic heterocycles. The van der Waals surface area contributed by atoms with Gasteiger partial charge in [0.25, 0.3) is 0 Å². The Hall–Kier alpha value is -0.830. The van der Waals surface area contributed by atoms with Crippen molar-refractivity contribution < 1.29 is 4.74 Å². The molecule has 0 amide bonds. The van der Waals surface area contributed by atoms with Crippen molar-refractivity contribution in [3.8, 4) is 0 Å². The van der Waals surface area contributed by atoms with E-state index in [0.29, 0.717) is 5.92 Å². The summed E-state index contributed by atoms with van der Waals surface area (Å²) in [7, 11) is 0. The van der Waals surface area contributed by atoms with Gasteiger partial charge in [0, 0.05) is 31.0 Å². The maximum Gasteiger partial charge on any atom is 0.109 e. The van der Waals surface area contributed by atoms with E-state index >= 15 is 0 Å². The molecule has 0 bridgehead atoms. The number of aryl methyl sites for hydroxylation is 1. The second-order valence-corrected chi connectivity index (χ2v) is 3.34. The number of imidazole rings is 1. The number of aromatic amines is 1. The molecule has 0 aromatic carbocycles. The van der Waals surface area contributed by atoms with Gasteiger partial charge in [-0.05, 0) is 19.8 Å². The first-order chi connectivity index (χ1) is 6.86. The first-order valence-electron chi connectivity index (χ1n) is 5.45. The zero-order chi connectivity index (χ0) is 10.4. The third-order valence-electron chi connectivity index (χ3n) is 2.33. The molecule has 1 saturated heterocycles. The average molecular weight is 196 g/mol. The van der Waals surface area contributed by atoms with Crippen LogP contribution in [0.2, 0.25) is 0 Å². The highest BCUT2D eigenvalue weighted by molar-refractivity contribution is 5.04. The molecule has 2 rings (SSSR count). The first-order valence-corrected chi connectivity index (χ1v) is 5.45. The molecule has 2 heterocycles. The van der Waals surface area contributed by atoms with Gasteiger partial charge in [-0.25, -0.2) is 4.98 Å². The van der Waals surface area contributed by atoms with E-state index in [1.165, 1.54) is 0 Å². The van der Waals surface area contributed by atoms with Crippen LogP contribution >= 0.6 is 0 Å². The Morgan fingerprint density at radius 3 is 2.50 bits per heavy atom. The summed E-state index contributed by atoms with van der Waals surface area (Å²) in [5, 5.41) is 0. The number of hydrogen-bond donors (Lipinski definition) is 1. The third kappa shape index (κ3) is 2.84. The number of aromatic nitrogens is 2. The molecule has 1 aromatic rings. The molecule has 0 spiro atoms. The number of nitrogens with zero attached hydrogens (tertiary/aromatic N) is 1. The van der Waals surface area contributed by atoms with Crippen LogP contribution in [0.4, 0.5) is 0 Å². The summed E-state index contributed by atoms with van der Waals surface area (Å²) < 4.78 is 5.29. The van der Waals surface area contributed by atoms with Gasteiger partial charge in [-0.2, -0.15) is 0 Å². The fraction of sp³-hybridized carbons (Fsp3) is 0.727. The van der Waals surface area contributed by atoms with Crippen molar-refractivity contribution in [2.24, 2.45) is 0 Å². The standard InChI is InChI=1S/C9H14N2O.C2H6/c1-7-6-10-9(11-7)8-2-4-12-5-3-8;1-2/h6,8H,2-5H2,1H3,(H,10,11);1-2H3. The molecule has 0 radical (unpaired) electrons. The summed E-state index contributed by atoms with van der Waals surface area (Å²) >= 11 is 0. The van der Waals surface area contributed by atoms with Crippen LogP contribution in [0.25, 0.3) is 0 Å². The lowest BCUT2D eigenvalue weighted by Gasteiger charge is -2.19. The molecule has 0 atom stereocenters.